The molecule has 0 amide bonds. The first-order chi connectivity index (χ1) is 9.06. The van der Waals surface area contributed by atoms with Gasteiger partial charge in [-0.2, -0.15) is 0 Å². The standard InChI is InChI=1S/C15H13FO3/c1-8-6-11(9(2)18-8)14(17)13-7-10-4-3-5-12(16)15(10)19-13/h3-7,14,17H,1-2H3. The minimum absolute atomic E-state index is 0.161. The average Bonchev–Trinajstić information content (AvgIpc) is 2.93. The molecule has 1 N–H and O–H groups in total. The van der Waals surface area contributed by atoms with E-state index in [1.165, 1.54) is 6.07 Å². The molecule has 0 saturated heterocycles. The zero-order chi connectivity index (χ0) is 13.6. The van der Waals surface area contributed by atoms with Gasteiger partial charge in [0.25, 0.3) is 0 Å². The Bertz CT molecular complexity index is 739. The summed E-state index contributed by atoms with van der Waals surface area (Å²) in [6.45, 7) is 3.58. The summed E-state index contributed by atoms with van der Waals surface area (Å²) in [5.41, 5.74) is 0.798. The predicted octanol–water partition coefficient (Wildman–Crippen LogP) is 3.86. The van der Waals surface area contributed by atoms with E-state index in [4.69, 9.17) is 8.83 Å². The maximum atomic E-state index is 13.6. The normalized spacial score (nSPS) is 13.1. The number of hydrogen-bond donors (Lipinski definition) is 1. The van der Waals surface area contributed by atoms with E-state index in [0.717, 1.165) is 0 Å². The highest BCUT2D eigenvalue weighted by atomic mass is 19.1. The van der Waals surface area contributed by atoms with Crippen LogP contribution in [-0.4, -0.2) is 5.11 Å². The van der Waals surface area contributed by atoms with Crippen molar-refractivity contribution in [2.75, 3.05) is 0 Å². The Balaban J connectivity index is 2.09. The predicted molar refractivity (Wildman–Crippen MR) is 68.4 cm³/mol. The van der Waals surface area contributed by atoms with Gasteiger partial charge < -0.3 is 13.9 Å². The summed E-state index contributed by atoms with van der Waals surface area (Å²) < 4.78 is 24.3. The first-order valence-electron chi connectivity index (χ1n) is 5.99. The summed E-state index contributed by atoms with van der Waals surface area (Å²) in [7, 11) is 0. The van der Waals surface area contributed by atoms with Crippen molar-refractivity contribution < 1.29 is 18.3 Å². The van der Waals surface area contributed by atoms with Crippen LogP contribution in [0.2, 0.25) is 0 Å². The molecule has 0 aliphatic carbocycles. The third-order valence-corrected chi connectivity index (χ3v) is 3.16. The summed E-state index contributed by atoms with van der Waals surface area (Å²) in [4.78, 5) is 0. The average molecular weight is 260 g/mol. The van der Waals surface area contributed by atoms with E-state index >= 15 is 0 Å². The van der Waals surface area contributed by atoms with E-state index in [1.54, 1.807) is 31.2 Å². The maximum absolute atomic E-state index is 13.6. The molecule has 0 radical (unpaired) electrons. The van der Waals surface area contributed by atoms with Crippen LogP contribution in [0.1, 0.15) is 28.9 Å². The molecule has 0 fully saturated rings. The van der Waals surface area contributed by atoms with Crippen LogP contribution in [0, 0.1) is 19.7 Å². The Labute approximate surface area is 109 Å². The largest absolute Gasteiger partial charge is 0.466 e. The van der Waals surface area contributed by atoms with Gasteiger partial charge in [-0.1, -0.05) is 12.1 Å². The smallest absolute Gasteiger partial charge is 0.170 e. The third-order valence-electron chi connectivity index (χ3n) is 3.16. The Kier molecular flexibility index (Phi) is 2.68. The molecular weight excluding hydrogens is 247 g/mol. The highest BCUT2D eigenvalue weighted by Gasteiger charge is 2.21. The van der Waals surface area contributed by atoms with Gasteiger partial charge in [0.2, 0.25) is 0 Å². The molecule has 3 rings (SSSR count). The quantitative estimate of drug-likeness (QED) is 0.761. The van der Waals surface area contributed by atoms with Crippen molar-refractivity contribution in [3.05, 3.63) is 59.0 Å². The zero-order valence-corrected chi connectivity index (χ0v) is 10.6. The summed E-state index contributed by atoms with van der Waals surface area (Å²) in [6, 6.07) is 8.08. The van der Waals surface area contributed by atoms with Gasteiger partial charge in [0.05, 0.1) is 0 Å². The van der Waals surface area contributed by atoms with Crippen LogP contribution in [0.25, 0.3) is 11.0 Å². The van der Waals surface area contributed by atoms with E-state index in [9.17, 15) is 9.50 Å². The fourth-order valence-electron chi connectivity index (χ4n) is 2.26. The highest BCUT2D eigenvalue weighted by molar-refractivity contribution is 5.78. The van der Waals surface area contributed by atoms with Crippen LogP contribution in [-0.2, 0) is 0 Å². The van der Waals surface area contributed by atoms with Crippen molar-refractivity contribution in [2.24, 2.45) is 0 Å². The number of benzene rings is 1. The first-order valence-corrected chi connectivity index (χ1v) is 5.99. The van der Waals surface area contributed by atoms with Gasteiger partial charge in [-0.25, -0.2) is 4.39 Å². The molecule has 0 spiro atoms. The second kappa shape index (κ2) is 4.24. The molecule has 1 atom stereocenters. The van der Waals surface area contributed by atoms with Crippen LogP contribution >= 0.6 is 0 Å². The number of aliphatic hydroxyl groups is 1. The van der Waals surface area contributed by atoms with Crippen molar-refractivity contribution in [3.63, 3.8) is 0 Å². The van der Waals surface area contributed by atoms with Crippen LogP contribution < -0.4 is 0 Å². The van der Waals surface area contributed by atoms with Gasteiger partial charge in [0.1, 0.15) is 23.4 Å². The molecule has 0 aliphatic heterocycles. The Morgan fingerprint density at radius 1 is 1.16 bits per heavy atom. The highest BCUT2D eigenvalue weighted by Crippen LogP contribution is 2.31. The molecule has 1 unspecified atom stereocenters. The molecule has 2 aromatic heterocycles. The van der Waals surface area contributed by atoms with Gasteiger partial charge in [0.15, 0.2) is 11.4 Å². The Hall–Kier alpha value is -2.07. The number of para-hydroxylation sites is 1. The van der Waals surface area contributed by atoms with Crippen molar-refractivity contribution in [1.82, 2.24) is 0 Å². The lowest BCUT2D eigenvalue weighted by atomic mass is 10.1. The minimum atomic E-state index is -0.954. The zero-order valence-electron chi connectivity index (χ0n) is 10.6. The monoisotopic (exact) mass is 260 g/mol. The lowest BCUT2D eigenvalue weighted by molar-refractivity contribution is 0.190. The first kappa shape index (κ1) is 12.0. The number of aryl methyl sites for hydroxylation is 2. The minimum Gasteiger partial charge on any atom is -0.466 e. The summed E-state index contributed by atoms with van der Waals surface area (Å²) in [5, 5.41) is 10.9. The second-order valence-corrected chi connectivity index (χ2v) is 4.58. The third kappa shape index (κ3) is 1.94. The van der Waals surface area contributed by atoms with Crippen LogP contribution in [0.4, 0.5) is 4.39 Å². The van der Waals surface area contributed by atoms with Gasteiger partial charge in [-0.15, -0.1) is 0 Å². The molecule has 1 aromatic carbocycles. The fraction of sp³-hybridized carbons (Fsp3) is 0.200. The topological polar surface area (TPSA) is 46.5 Å². The molecule has 2 heterocycles. The van der Waals surface area contributed by atoms with E-state index in [2.05, 4.69) is 0 Å². The molecule has 98 valence electrons. The second-order valence-electron chi connectivity index (χ2n) is 4.58. The summed E-state index contributed by atoms with van der Waals surface area (Å²) in [6.07, 6.45) is -0.954. The molecule has 3 nitrogen and oxygen atoms in total. The molecule has 0 aliphatic rings. The van der Waals surface area contributed by atoms with Gasteiger partial charge in [0, 0.05) is 10.9 Å². The number of furan rings is 2. The van der Waals surface area contributed by atoms with Crippen LogP contribution in [0.3, 0.4) is 0 Å². The molecular formula is C15H13FO3. The molecule has 4 heteroatoms. The Morgan fingerprint density at radius 2 is 1.95 bits per heavy atom. The molecule has 19 heavy (non-hydrogen) atoms. The molecule has 3 aromatic rings. The van der Waals surface area contributed by atoms with Gasteiger partial charge >= 0.3 is 0 Å². The molecule has 0 saturated carbocycles. The van der Waals surface area contributed by atoms with Gasteiger partial charge in [-0.3, -0.25) is 0 Å². The molecule has 0 bridgehead atoms. The lowest BCUT2D eigenvalue weighted by Gasteiger charge is -2.05. The van der Waals surface area contributed by atoms with Gasteiger partial charge in [-0.05, 0) is 32.0 Å². The van der Waals surface area contributed by atoms with E-state index in [1.807, 2.05) is 6.92 Å². The number of rotatable bonds is 2. The van der Waals surface area contributed by atoms with Crippen molar-refractivity contribution in [1.29, 1.82) is 0 Å². The van der Waals surface area contributed by atoms with Crippen molar-refractivity contribution in [3.8, 4) is 0 Å². The van der Waals surface area contributed by atoms with Crippen LogP contribution in [0.5, 0.6) is 0 Å². The number of aliphatic hydroxyl groups excluding tert-OH is 1. The van der Waals surface area contributed by atoms with E-state index in [0.29, 0.717) is 28.2 Å². The van der Waals surface area contributed by atoms with Crippen LogP contribution in [0.15, 0.2) is 39.2 Å². The van der Waals surface area contributed by atoms with Crippen molar-refractivity contribution >= 4 is 11.0 Å². The number of fused-ring (bicyclic) bond motifs is 1. The van der Waals surface area contributed by atoms with E-state index < -0.39 is 11.9 Å². The number of halogens is 1. The summed E-state index contributed by atoms with van der Waals surface area (Å²) >= 11 is 0. The number of hydrogen-bond acceptors (Lipinski definition) is 3. The fourth-order valence-corrected chi connectivity index (χ4v) is 2.26. The Morgan fingerprint density at radius 3 is 2.58 bits per heavy atom. The summed E-state index contributed by atoms with van der Waals surface area (Å²) in [5.74, 6) is 1.22. The van der Waals surface area contributed by atoms with E-state index in [-0.39, 0.29) is 5.58 Å². The SMILES string of the molecule is Cc1cc(C(O)c2cc3cccc(F)c3o2)c(C)o1. The lowest BCUT2D eigenvalue weighted by Crippen LogP contribution is -1.97. The maximum Gasteiger partial charge on any atom is 0.170 e. The van der Waals surface area contributed by atoms with Crippen molar-refractivity contribution in [2.45, 2.75) is 20.0 Å².